The zero-order valence-electron chi connectivity index (χ0n) is 35.7. The number of hydrogen-bond donors (Lipinski definition) is 4. The summed E-state index contributed by atoms with van der Waals surface area (Å²) in [5, 5.41) is 12.4. The van der Waals surface area contributed by atoms with Gasteiger partial charge < -0.3 is 44.4 Å². The molecular formula is C44H58N8O8. The average molecular weight is 827 g/mol. The van der Waals surface area contributed by atoms with Gasteiger partial charge in [0, 0.05) is 52.5 Å². The Labute approximate surface area is 351 Å². The van der Waals surface area contributed by atoms with E-state index in [1.54, 1.807) is 24.0 Å². The molecule has 2 aromatic heterocycles. The van der Waals surface area contributed by atoms with E-state index in [0.29, 0.717) is 37.6 Å². The van der Waals surface area contributed by atoms with Gasteiger partial charge in [-0.3, -0.25) is 14.5 Å². The maximum Gasteiger partial charge on any atom is 0.407 e. The highest BCUT2D eigenvalue weighted by atomic mass is 16.7. The van der Waals surface area contributed by atoms with Crippen molar-refractivity contribution < 1.29 is 38.5 Å². The van der Waals surface area contributed by atoms with Crippen molar-refractivity contribution in [3.05, 3.63) is 72.1 Å². The minimum Gasteiger partial charge on any atom is -0.465 e. The molecule has 0 bridgehead atoms. The Bertz CT molecular complexity index is 2110. The van der Waals surface area contributed by atoms with Crippen molar-refractivity contribution >= 4 is 24.0 Å². The van der Waals surface area contributed by atoms with Gasteiger partial charge in [-0.25, -0.2) is 19.6 Å². The van der Waals surface area contributed by atoms with Crippen molar-refractivity contribution in [2.45, 2.75) is 90.3 Å². The van der Waals surface area contributed by atoms with E-state index in [4.69, 9.17) is 24.2 Å². The van der Waals surface area contributed by atoms with Gasteiger partial charge in [-0.1, -0.05) is 76.2 Å². The summed E-state index contributed by atoms with van der Waals surface area (Å²) in [6.07, 6.45) is 2.98. The van der Waals surface area contributed by atoms with Gasteiger partial charge in [0.25, 0.3) is 0 Å². The van der Waals surface area contributed by atoms with Crippen LogP contribution in [-0.4, -0.2) is 124 Å². The third-order valence-corrected chi connectivity index (χ3v) is 11.7. The fourth-order valence-electron chi connectivity index (χ4n) is 8.41. The minimum absolute atomic E-state index is 0.119. The Kier molecular flexibility index (Phi) is 14.0. The number of likely N-dealkylation sites (N-methyl/N-ethyl adjacent to an activating group) is 1. The summed E-state index contributed by atoms with van der Waals surface area (Å²) >= 11 is 0. The number of aromatic nitrogens is 4. The number of aromatic amines is 2. The molecule has 4 amide bonds. The molecule has 2 saturated heterocycles. The van der Waals surface area contributed by atoms with Gasteiger partial charge in [0.05, 0.1) is 36.3 Å². The van der Waals surface area contributed by atoms with E-state index < -0.39 is 30.6 Å². The number of ether oxygens (including phenoxy) is 3. The molecule has 0 radical (unpaired) electrons. The molecule has 4 aromatic rings. The first-order valence-electron chi connectivity index (χ1n) is 20.6. The molecule has 0 saturated carbocycles. The van der Waals surface area contributed by atoms with E-state index in [-0.39, 0.29) is 35.7 Å². The Morgan fingerprint density at radius 3 is 1.88 bits per heavy atom. The van der Waals surface area contributed by atoms with Crippen LogP contribution < -0.4 is 5.32 Å². The number of carboxylic acid groups (broad SMARTS) is 1. The quantitative estimate of drug-likeness (QED) is 0.0945. The standard InChI is InChI=1S/C44H58N8O8/c1-25(2)36(49-43(55)60-8)41(53)51-21-9-11-33(51)39-45-24-32(47-39)29-17-13-27(14-18-29)28-15-19-30(20-16-28)37-31(23-35(58-6)59-7)46-40(48-37)34-12-10-22-52(34)42(54)38(26(3)4)50(5)44(56)57/h13-20,24-26,33-36,38H,9-12,21-23H2,1-8H3,(H,45,47)(H,46,48)(H,49,55)(H,56,57)/t33?,34-,36-,38-/m0/s1. The molecular weight excluding hydrogens is 769 g/mol. The number of likely N-dealkylation sites (tertiary alicyclic amines) is 2. The van der Waals surface area contributed by atoms with Crippen LogP contribution in [0.1, 0.15) is 82.8 Å². The number of imidazole rings is 2. The number of methoxy groups -OCH3 is 3. The second-order valence-electron chi connectivity index (χ2n) is 16.2. The summed E-state index contributed by atoms with van der Waals surface area (Å²) in [6, 6.07) is 14.2. The van der Waals surface area contributed by atoms with Gasteiger partial charge in [-0.05, 0) is 54.2 Å². The van der Waals surface area contributed by atoms with Gasteiger partial charge in [0.15, 0.2) is 6.29 Å². The predicted molar refractivity (Wildman–Crippen MR) is 225 cm³/mol. The first-order chi connectivity index (χ1) is 28.8. The Morgan fingerprint density at radius 1 is 0.800 bits per heavy atom. The molecule has 2 aliphatic heterocycles. The zero-order valence-corrected chi connectivity index (χ0v) is 35.7. The molecule has 6 rings (SSSR count). The van der Waals surface area contributed by atoms with Crippen molar-refractivity contribution in [2.75, 3.05) is 41.5 Å². The maximum atomic E-state index is 13.9. The van der Waals surface area contributed by atoms with Crippen LogP contribution in [0, 0.1) is 11.8 Å². The highest BCUT2D eigenvalue weighted by molar-refractivity contribution is 5.87. The van der Waals surface area contributed by atoms with E-state index in [1.165, 1.54) is 14.2 Å². The lowest BCUT2D eigenvalue weighted by Gasteiger charge is -2.33. The molecule has 2 aromatic carbocycles. The van der Waals surface area contributed by atoms with Crippen LogP contribution in [0.5, 0.6) is 0 Å². The number of H-pyrrole nitrogens is 2. The van der Waals surface area contributed by atoms with Crippen molar-refractivity contribution in [3.63, 3.8) is 0 Å². The second-order valence-corrected chi connectivity index (χ2v) is 16.2. The number of hydrogen-bond acceptors (Lipinski definition) is 9. The normalized spacial score (nSPS) is 17.7. The van der Waals surface area contributed by atoms with Crippen LogP contribution in [0.4, 0.5) is 9.59 Å². The lowest BCUT2D eigenvalue weighted by atomic mass is 10.00. The number of amides is 4. The van der Waals surface area contributed by atoms with Crippen LogP contribution in [-0.2, 0) is 30.2 Å². The molecule has 2 fully saturated rings. The number of nitrogens with one attached hydrogen (secondary N) is 3. The lowest BCUT2D eigenvalue weighted by molar-refractivity contribution is -0.138. The van der Waals surface area contributed by atoms with Gasteiger partial charge in [0.1, 0.15) is 23.7 Å². The number of alkyl carbamates (subject to hydrolysis) is 1. The Morgan fingerprint density at radius 2 is 1.35 bits per heavy atom. The van der Waals surface area contributed by atoms with Gasteiger partial charge in [-0.15, -0.1) is 0 Å². The van der Waals surface area contributed by atoms with Crippen molar-refractivity contribution in [1.29, 1.82) is 0 Å². The molecule has 2 aliphatic rings. The van der Waals surface area contributed by atoms with Crippen molar-refractivity contribution in [3.8, 4) is 33.6 Å². The van der Waals surface area contributed by atoms with Crippen LogP contribution >= 0.6 is 0 Å². The number of carbonyl (C=O) groups excluding carboxylic acids is 3. The molecule has 1 unspecified atom stereocenters. The minimum atomic E-state index is -1.15. The summed E-state index contributed by atoms with van der Waals surface area (Å²) in [5.41, 5.74) is 6.15. The second kappa shape index (κ2) is 19.1. The topological polar surface area (TPSA) is 195 Å². The third kappa shape index (κ3) is 9.34. The van der Waals surface area contributed by atoms with Crippen LogP contribution in [0.3, 0.4) is 0 Å². The molecule has 322 valence electrons. The Balaban J connectivity index is 1.20. The summed E-state index contributed by atoms with van der Waals surface area (Å²) in [6.45, 7) is 8.59. The molecule has 16 heteroatoms. The Hall–Kier alpha value is -5.74. The molecule has 4 N–H and O–H groups in total. The van der Waals surface area contributed by atoms with Crippen LogP contribution in [0.2, 0.25) is 0 Å². The molecule has 4 heterocycles. The van der Waals surface area contributed by atoms with Crippen LogP contribution in [0.15, 0.2) is 54.7 Å². The zero-order chi connectivity index (χ0) is 43.2. The predicted octanol–water partition coefficient (Wildman–Crippen LogP) is 6.64. The third-order valence-electron chi connectivity index (χ3n) is 11.7. The monoisotopic (exact) mass is 826 g/mol. The van der Waals surface area contributed by atoms with E-state index >= 15 is 0 Å². The SMILES string of the molecule is COC(=O)N[C@H](C(=O)N1CCCC1c1nc(-c2ccc(-c3ccc(-c4[nH]c([C@@H]5CCCN5C(=O)[C@H](C(C)C)N(C)C(=O)O)nc4CC(OC)OC)cc3)cc2)c[nH]1)C(C)C. The van der Waals surface area contributed by atoms with Gasteiger partial charge >= 0.3 is 12.2 Å². The fraction of sp³-hybridized carbons (Fsp3) is 0.500. The number of nitrogens with zero attached hydrogens (tertiary/aromatic N) is 5. The number of benzene rings is 2. The first-order valence-corrected chi connectivity index (χ1v) is 20.6. The van der Waals surface area contributed by atoms with E-state index in [9.17, 15) is 24.3 Å². The molecule has 16 nitrogen and oxygen atoms in total. The largest absolute Gasteiger partial charge is 0.465 e. The highest BCUT2D eigenvalue weighted by Crippen LogP contribution is 2.37. The molecule has 0 aliphatic carbocycles. The van der Waals surface area contributed by atoms with Gasteiger partial charge in [-0.2, -0.15) is 0 Å². The summed E-state index contributed by atoms with van der Waals surface area (Å²) in [7, 11) is 5.89. The molecule has 0 spiro atoms. The van der Waals surface area contributed by atoms with E-state index in [2.05, 4.69) is 39.6 Å². The van der Waals surface area contributed by atoms with E-state index in [0.717, 1.165) is 63.5 Å². The summed E-state index contributed by atoms with van der Waals surface area (Å²) in [4.78, 5) is 72.8. The molecule has 4 atom stereocenters. The van der Waals surface area contributed by atoms with Crippen LogP contribution in [0.25, 0.3) is 33.6 Å². The lowest BCUT2D eigenvalue weighted by Crippen LogP contribution is -2.51. The molecule has 60 heavy (non-hydrogen) atoms. The van der Waals surface area contributed by atoms with Crippen molar-refractivity contribution in [2.24, 2.45) is 11.8 Å². The average Bonchev–Trinajstić information content (AvgIpc) is 4.08. The summed E-state index contributed by atoms with van der Waals surface area (Å²) in [5.74, 6) is 0.628. The number of rotatable bonds is 15. The summed E-state index contributed by atoms with van der Waals surface area (Å²) < 4.78 is 15.9. The number of carbonyl (C=O) groups is 4. The van der Waals surface area contributed by atoms with E-state index in [1.807, 2.05) is 58.2 Å². The van der Waals surface area contributed by atoms with Crippen molar-refractivity contribution in [1.82, 2.24) is 40.0 Å². The smallest absolute Gasteiger partial charge is 0.407 e. The van der Waals surface area contributed by atoms with Gasteiger partial charge in [0.2, 0.25) is 11.8 Å². The highest BCUT2D eigenvalue weighted by Gasteiger charge is 2.40. The first kappa shape index (κ1) is 43.8. The maximum absolute atomic E-state index is 13.9. The fourth-order valence-corrected chi connectivity index (χ4v) is 8.41.